The first-order valence-electron chi connectivity index (χ1n) is 4.61. The Kier molecular flexibility index (Phi) is 1.14. The number of esters is 1. The average Bonchev–Trinajstić information content (AvgIpc) is 2.56. The Morgan fingerprint density at radius 2 is 2.23 bits per heavy atom. The normalized spacial score (nSPS) is 46.5. The number of rotatable bonds is 0. The van der Waals surface area contributed by atoms with Crippen molar-refractivity contribution in [2.24, 2.45) is 17.3 Å². The standard InChI is InChI=1S/C10H10O3/c11-8-3-6-1-2-7-9(12)13-5-10(7,8)4-6/h1-2,6-7H,3-5H2. The monoisotopic (exact) mass is 178 g/mol. The second-order valence-corrected chi connectivity index (χ2v) is 4.22. The fourth-order valence-corrected chi connectivity index (χ4v) is 2.81. The number of fused-ring (bicyclic) bond motifs is 1. The van der Waals surface area contributed by atoms with Crippen molar-refractivity contribution < 1.29 is 14.3 Å². The molecule has 13 heavy (non-hydrogen) atoms. The summed E-state index contributed by atoms with van der Waals surface area (Å²) in [5, 5.41) is 0. The average molecular weight is 178 g/mol. The number of ketones is 1. The summed E-state index contributed by atoms with van der Waals surface area (Å²) in [6.45, 7) is 0.316. The van der Waals surface area contributed by atoms with Gasteiger partial charge in [0.1, 0.15) is 12.4 Å². The summed E-state index contributed by atoms with van der Waals surface area (Å²) in [4.78, 5) is 23.0. The van der Waals surface area contributed by atoms with Gasteiger partial charge < -0.3 is 4.74 Å². The lowest BCUT2D eigenvalue weighted by Crippen LogP contribution is -2.34. The second-order valence-electron chi connectivity index (χ2n) is 4.22. The van der Waals surface area contributed by atoms with Gasteiger partial charge in [-0.05, 0) is 12.3 Å². The molecule has 3 atom stereocenters. The lowest BCUT2D eigenvalue weighted by atomic mass is 9.72. The van der Waals surface area contributed by atoms with Gasteiger partial charge in [-0.1, -0.05) is 12.2 Å². The Morgan fingerprint density at radius 3 is 3.08 bits per heavy atom. The maximum atomic E-state index is 11.7. The Morgan fingerprint density at radius 1 is 1.38 bits per heavy atom. The van der Waals surface area contributed by atoms with Gasteiger partial charge in [-0.25, -0.2) is 0 Å². The number of cyclic esters (lactones) is 1. The van der Waals surface area contributed by atoms with Gasteiger partial charge in [0.15, 0.2) is 0 Å². The van der Waals surface area contributed by atoms with Gasteiger partial charge in [-0.3, -0.25) is 9.59 Å². The lowest BCUT2D eigenvalue weighted by molar-refractivity contribution is -0.140. The van der Waals surface area contributed by atoms with E-state index < -0.39 is 5.41 Å². The first kappa shape index (κ1) is 7.30. The van der Waals surface area contributed by atoms with Gasteiger partial charge in [0.05, 0.1) is 11.3 Å². The fourth-order valence-electron chi connectivity index (χ4n) is 2.81. The zero-order valence-electron chi connectivity index (χ0n) is 7.16. The van der Waals surface area contributed by atoms with Crippen LogP contribution in [-0.2, 0) is 14.3 Å². The highest BCUT2D eigenvalue weighted by molar-refractivity contribution is 5.96. The highest BCUT2D eigenvalue weighted by Gasteiger charge is 2.59. The van der Waals surface area contributed by atoms with E-state index in [2.05, 4.69) is 0 Å². The minimum Gasteiger partial charge on any atom is -0.464 e. The number of allylic oxidation sites excluding steroid dienone is 1. The third-order valence-electron chi connectivity index (χ3n) is 3.53. The Balaban J connectivity index is 2.14. The zero-order chi connectivity index (χ0) is 9.05. The molecule has 3 nitrogen and oxygen atoms in total. The van der Waals surface area contributed by atoms with Crippen molar-refractivity contribution in [3.05, 3.63) is 12.2 Å². The molecule has 1 saturated carbocycles. The molecule has 0 aromatic rings. The van der Waals surface area contributed by atoms with Gasteiger partial charge in [0.2, 0.25) is 0 Å². The van der Waals surface area contributed by atoms with E-state index in [1.54, 1.807) is 0 Å². The fraction of sp³-hybridized carbons (Fsp3) is 0.600. The maximum absolute atomic E-state index is 11.7. The summed E-state index contributed by atoms with van der Waals surface area (Å²) in [6, 6.07) is 0. The van der Waals surface area contributed by atoms with Crippen LogP contribution in [0.4, 0.5) is 0 Å². The van der Waals surface area contributed by atoms with Crippen molar-refractivity contribution in [3.63, 3.8) is 0 Å². The van der Waals surface area contributed by atoms with E-state index in [0.29, 0.717) is 18.9 Å². The highest BCUT2D eigenvalue weighted by atomic mass is 16.5. The third kappa shape index (κ3) is 0.705. The molecule has 0 N–H and O–H groups in total. The topological polar surface area (TPSA) is 43.4 Å². The molecule has 2 aliphatic carbocycles. The molecule has 2 bridgehead atoms. The van der Waals surface area contributed by atoms with Crippen LogP contribution in [-0.4, -0.2) is 18.4 Å². The summed E-state index contributed by atoms with van der Waals surface area (Å²) < 4.78 is 4.98. The molecular formula is C10H10O3. The SMILES string of the molecule is O=C1OCC23CC(C=CC12)CC3=O. The number of carbonyl (C=O) groups is 2. The van der Waals surface area contributed by atoms with Crippen molar-refractivity contribution >= 4 is 11.8 Å². The van der Waals surface area contributed by atoms with E-state index >= 15 is 0 Å². The van der Waals surface area contributed by atoms with Crippen molar-refractivity contribution in [1.29, 1.82) is 0 Å². The second kappa shape index (κ2) is 2.03. The van der Waals surface area contributed by atoms with Crippen LogP contribution in [0.15, 0.2) is 12.2 Å². The number of carbonyl (C=O) groups excluding carboxylic acids is 2. The van der Waals surface area contributed by atoms with Crippen LogP contribution >= 0.6 is 0 Å². The van der Waals surface area contributed by atoms with Crippen LogP contribution in [0.25, 0.3) is 0 Å². The summed E-state index contributed by atoms with van der Waals surface area (Å²) in [7, 11) is 0. The van der Waals surface area contributed by atoms with E-state index in [1.807, 2.05) is 12.2 Å². The molecule has 3 aliphatic rings. The zero-order valence-corrected chi connectivity index (χ0v) is 7.16. The maximum Gasteiger partial charge on any atom is 0.313 e. The van der Waals surface area contributed by atoms with E-state index in [1.165, 1.54) is 0 Å². The Bertz CT molecular complexity index is 331. The number of Topliss-reactive ketones (excluding diaryl/α,β-unsaturated/α-hetero) is 1. The molecule has 3 heteroatoms. The summed E-state index contributed by atoms with van der Waals surface area (Å²) in [5.41, 5.74) is -0.462. The Hall–Kier alpha value is -1.12. The van der Waals surface area contributed by atoms with Gasteiger partial charge in [0.25, 0.3) is 0 Å². The van der Waals surface area contributed by atoms with Crippen molar-refractivity contribution in [3.8, 4) is 0 Å². The van der Waals surface area contributed by atoms with Crippen molar-refractivity contribution in [1.82, 2.24) is 0 Å². The van der Waals surface area contributed by atoms with Crippen LogP contribution < -0.4 is 0 Å². The van der Waals surface area contributed by atoms with Gasteiger partial charge in [-0.15, -0.1) is 0 Å². The predicted molar refractivity (Wildman–Crippen MR) is 43.8 cm³/mol. The largest absolute Gasteiger partial charge is 0.464 e. The van der Waals surface area contributed by atoms with Crippen LogP contribution in [0, 0.1) is 17.3 Å². The van der Waals surface area contributed by atoms with Crippen LogP contribution in [0.3, 0.4) is 0 Å². The van der Waals surface area contributed by atoms with E-state index in [0.717, 1.165) is 6.42 Å². The van der Waals surface area contributed by atoms with Crippen molar-refractivity contribution in [2.75, 3.05) is 6.61 Å². The molecular weight excluding hydrogens is 168 g/mol. The smallest absolute Gasteiger partial charge is 0.313 e. The van der Waals surface area contributed by atoms with Crippen molar-refractivity contribution in [2.45, 2.75) is 12.8 Å². The molecule has 0 aromatic heterocycles. The molecule has 2 fully saturated rings. The molecule has 3 unspecified atom stereocenters. The number of hydrogen-bond acceptors (Lipinski definition) is 3. The molecule has 0 aromatic carbocycles. The third-order valence-corrected chi connectivity index (χ3v) is 3.53. The number of hydrogen-bond donors (Lipinski definition) is 0. The molecule has 0 amide bonds. The van der Waals surface area contributed by atoms with Crippen LogP contribution in [0.5, 0.6) is 0 Å². The van der Waals surface area contributed by atoms with E-state index in [4.69, 9.17) is 4.74 Å². The molecule has 0 radical (unpaired) electrons. The summed E-state index contributed by atoms with van der Waals surface area (Å²) >= 11 is 0. The molecule has 3 rings (SSSR count). The first-order valence-corrected chi connectivity index (χ1v) is 4.61. The van der Waals surface area contributed by atoms with Gasteiger partial charge in [-0.2, -0.15) is 0 Å². The molecule has 1 heterocycles. The van der Waals surface area contributed by atoms with Crippen LogP contribution in [0.1, 0.15) is 12.8 Å². The van der Waals surface area contributed by atoms with E-state index in [-0.39, 0.29) is 17.7 Å². The molecule has 68 valence electrons. The number of ether oxygens (including phenoxy) is 1. The minimum absolute atomic E-state index is 0.218. The molecule has 1 saturated heterocycles. The Labute approximate surface area is 75.8 Å². The minimum atomic E-state index is -0.462. The van der Waals surface area contributed by atoms with Gasteiger partial charge >= 0.3 is 5.97 Å². The van der Waals surface area contributed by atoms with E-state index in [9.17, 15) is 9.59 Å². The highest BCUT2D eigenvalue weighted by Crippen LogP contribution is 2.52. The summed E-state index contributed by atoms with van der Waals surface area (Å²) in [5.74, 6) is 0.0836. The molecule has 1 aliphatic heterocycles. The predicted octanol–water partition coefficient (Wildman–Crippen LogP) is 0.695. The summed E-state index contributed by atoms with van der Waals surface area (Å²) in [6.07, 6.45) is 5.29. The lowest BCUT2D eigenvalue weighted by Gasteiger charge is -2.25. The molecule has 1 spiro atoms. The first-order chi connectivity index (χ1) is 6.22. The van der Waals surface area contributed by atoms with Crippen LogP contribution in [0.2, 0.25) is 0 Å². The quantitative estimate of drug-likeness (QED) is 0.405. The van der Waals surface area contributed by atoms with Gasteiger partial charge in [0, 0.05) is 6.42 Å².